The highest BCUT2D eigenvalue weighted by atomic mass is 16.4. The van der Waals surface area contributed by atoms with Crippen molar-refractivity contribution in [1.29, 1.82) is 0 Å². The van der Waals surface area contributed by atoms with Crippen LogP contribution >= 0.6 is 0 Å². The monoisotopic (exact) mass is 346 g/mol. The number of hydrogen-bond acceptors (Lipinski definition) is 4. The molecule has 0 spiro atoms. The van der Waals surface area contributed by atoms with Gasteiger partial charge in [-0.3, -0.25) is 0 Å². The van der Waals surface area contributed by atoms with Gasteiger partial charge in [-0.15, -0.1) is 0 Å². The maximum atomic E-state index is 10.9. The Hall–Kier alpha value is -2.89. The highest BCUT2D eigenvalue weighted by Crippen LogP contribution is 2.43. The smallest absolute Gasteiger partial charge is 0.134 e. The van der Waals surface area contributed by atoms with Gasteiger partial charge in [0.15, 0.2) is 0 Å². The number of imidazole rings is 1. The third-order valence-electron chi connectivity index (χ3n) is 5.18. The lowest BCUT2D eigenvalue weighted by molar-refractivity contribution is 0.154. The van der Waals surface area contributed by atoms with Crippen molar-refractivity contribution in [2.75, 3.05) is 0 Å². The molecule has 0 bridgehead atoms. The van der Waals surface area contributed by atoms with E-state index < -0.39 is 6.10 Å². The molecule has 0 saturated carbocycles. The third kappa shape index (κ3) is 2.29. The van der Waals surface area contributed by atoms with Crippen molar-refractivity contribution in [2.24, 2.45) is 0 Å². The number of nitrogens with zero attached hydrogens (tertiary/aromatic N) is 2. The fraction of sp³-hybridized carbons (Fsp3) is 0.190. The Morgan fingerprint density at radius 2 is 2.04 bits per heavy atom. The summed E-state index contributed by atoms with van der Waals surface area (Å²) in [4.78, 5) is 4.27. The van der Waals surface area contributed by atoms with E-state index >= 15 is 0 Å². The maximum absolute atomic E-state index is 10.9. The van der Waals surface area contributed by atoms with Crippen LogP contribution in [0.2, 0.25) is 0 Å². The van der Waals surface area contributed by atoms with Gasteiger partial charge >= 0.3 is 0 Å². The van der Waals surface area contributed by atoms with E-state index in [0.29, 0.717) is 17.8 Å². The van der Waals surface area contributed by atoms with Crippen LogP contribution in [0, 0.1) is 0 Å². The van der Waals surface area contributed by atoms with Crippen molar-refractivity contribution < 1.29 is 14.6 Å². The van der Waals surface area contributed by atoms with Crippen LogP contribution in [0.15, 0.2) is 65.5 Å². The van der Waals surface area contributed by atoms with Gasteiger partial charge in [0.2, 0.25) is 0 Å². The fourth-order valence-electron chi connectivity index (χ4n) is 3.92. The molecule has 1 aliphatic rings. The van der Waals surface area contributed by atoms with Crippen LogP contribution in [0.25, 0.3) is 22.2 Å². The Kier molecular flexibility index (Phi) is 3.45. The van der Waals surface area contributed by atoms with Crippen LogP contribution in [0.4, 0.5) is 0 Å². The summed E-state index contributed by atoms with van der Waals surface area (Å²) in [5, 5.41) is 21.0. The second kappa shape index (κ2) is 5.83. The molecule has 2 aromatic heterocycles. The topological polar surface area (TPSA) is 71.4 Å². The van der Waals surface area contributed by atoms with Crippen molar-refractivity contribution in [3.63, 3.8) is 0 Å². The third-order valence-corrected chi connectivity index (χ3v) is 5.18. The lowest BCUT2D eigenvalue weighted by atomic mass is 9.95. The number of rotatable bonds is 4. The van der Waals surface area contributed by atoms with E-state index in [1.54, 1.807) is 0 Å². The Morgan fingerprint density at radius 3 is 2.92 bits per heavy atom. The molecule has 5 nitrogen and oxygen atoms in total. The Morgan fingerprint density at radius 1 is 1.15 bits per heavy atom. The van der Waals surface area contributed by atoms with Gasteiger partial charge in [-0.25, -0.2) is 4.98 Å². The number of benzene rings is 2. The summed E-state index contributed by atoms with van der Waals surface area (Å²) in [6.07, 6.45) is 3.66. The number of fused-ring (bicyclic) bond motifs is 4. The molecule has 2 atom stereocenters. The Labute approximate surface area is 150 Å². The van der Waals surface area contributed by atoms with Crippen LogP contribution in [0.3, 0.4) is 0 Å². The van der Waals surface area contributed by atoms with Crippen molar-refractivity contribution in [2.45, 2.75) is 25.2 Å². The molecule has 4 aromatic rings. The van der Waals surface area contributed by atoms with Gasteiger partial charge in [-0.1, -0.05) is 30.3 Å². The normalized spacial score (nSPS) is 16.6. The van der Waals surface area contributed by atoms with E-state index in [0.717, 1.165) is 16.6 Å². The van der Waals surface area contributed by atoms with Crippen LogP contribution < -0.4 is 0 Å². The second-order valence-corrected chi connectivity index (χ2v) is 6.71. The molecule has 130 valence electrons. The molecule has 26 heavy (non-hydrogen) atoms. The Bertz CT molecular complexity index is 1100. The lowest BCUT2D eigenvalue weighted by Crippen LogP contribution is -2.10. The number of aromatic nitrogens is 2. The molecule has 1 aliphatic heterocycles. The predicted octanol–water partition coefficient (Wildman–Crippen LogP) is 3.82. The van der Waals surface area contributed by atoms with Crippen LogP contribution in [0.1, 0.15) is 35.5 Å². The van der Waals surface area contributed by atoms with E-state index in [-0.39, 0.29) is 12.6 Å². The largest absolute Gasteiger partial charge is 0.459 e. The summed E-state index contributed by atoms with van der Waals surface area (Å²) < 4.78 is 7.66. The van der Waals surface area contributed by atoms with E-state index in [1.807, 2.05) is 48.9 Å². The molecule has 0 amide bonds. The van der Waals surface area contributed by atoms with E-state index in [9.17, 15) is 10.2 Å². The first-order valence-corrected chi connectivity index (χ1v) is 8.67. The predicted molar refractivity (Wildman–Crippen MR) is 97.5 cm³/mol. The summed E-state index contributed by atoms with van der Waals surface area (Å²) in [6.45, 7) is -0.130. The summed E-state index contributed by atoms with van der Waals surface area (Å²) in [6, 6.07) is 15.8. The molecule has 0 aliphatic carbocycles. The number of hydrogen-bond donors (Lipinski definition) is 2. The summed E-state index contributed by atoms with van der Waals surface area (Å²) in [7, 11) is 0. The molecule has 0 saturated heterocycles. The van der Waals surface area contributed by atoms with E-state index in [1.165, 1.54) is 11.1 Å². The van der Waals surface area contributed by atoms with E-state index in [2.05, 4.69) is 21.7 Å². The number of aliphatic hydroxyl groups excluding tert-OH is 2. The fourth-order valence-corrected chi connectivity index (χ4v) is 3.92. The molecule has 3 heterocycles. The minimum atomic E-state index is -0.613. The highest BCUT2D eigenvalue weighted by molar-refractivity contribution is 5.78. The van der Waals surface area contributed by atoms with Gasteiger partial charge in [0, 0.05) is 17.4 Å². The van der Waals surface area contributed by atoms with E-state index in [4.69, 9.17) is 4.42 Å². The number of aliphatic hydroxyl groups is 2. The van der Waals surface area contributed by atoms with Gasteiger partial charge in [0.25, 0.3) is 0 Å². The van der Waals surface area contributed by atoms with Crippen molar-refractivity contribution >= 4 is 11.0 Å². The molecule has 0 fully saturated rings. The molecule has 2 aromatic carbocycles. The summed E-state index contributed by atoms with van der Waals surface area (Å²) >= 11 is 0. The van der Waals surface area contributed by atoms with Crippen molar-refractivity contribution in [1.82, 2.24) is 9.55 Å². The first-order valence-electron chi connectivity index (χ1n) is 8.67. The molecule has 5 heteroatoms. The van der Waals surface area contributed by atoms with Gasteiger partial charge < -0.3 is 19.2 Å². The minimum absolute atomic E-state index is 0.0618. The van der Waals surface area contributed by atoms with Crippen LogP contribution in [0.5, 0.6) is 0 Å². The highest BCUT2D eigenvalue weighted by Gasteiger charge is 2.30. The quantitative estimate of drug-likeness (QED) is 0.589. The zero-order chi connectivity index (χ0) is 17.7. The zero-order valence-corrected chi connectivity index (χ0v) is 14.0. The first kappa shape index (κ1) is 15.4. The molecule has 0 radical (unpaired) electrons. The summed E-state index contributed by atoms with van der Waals surface area (Å²) in [5.74, 6) is 0.527. The second-order valence-electron chi connectivity index (χ2n) is 6.71. The SMILES string of the molecule is OCc1cc2cc(C(O)CC3c4ccccc4-c4cncn43)ccc2o1. The lowest BCUT2D eigenvalue weighted by Gasteiger charge is -2.19. The first-order chi connectivity index (χ1) is 12.7. The molecule has 2 N–H and O–H groups in total. The number of furan rings is 1. The van der Waals surface area contributed by atoms with Crippen molar-refractivity contribution in [3.05, 3.63) is 77.9 Å². The molecule has 2 unspecified atom stereocenters. The molecular formula is C21H18N2O3. The minimum Gasteiger partial charge on any atom is -0.459 e. The summed E-state index contributed by atoms with van der Waals surface area (Å²) in [5.41, 5.74) is 5.05. The van der Waals surface area contributed by atoms with Gasteiger partial charge in [-0.05, 0) is 29.3 Å². The average Bonchev–Trinajstić information content (AvgIpc) is 3.36. The van der Waals surface area contributed by atoms with Gasteiger partial charge in [-0.2, -0.15) is 0 Å². The standard InChI is InChI=1S/C21H18N2O3/c24-11-15-8-14-7-13(5-6-21(14)26-15)20(25)9-18-16-3-1-2-4-17(16)19-10-22-12-23(18)19/h1-8,10,12,18,20,24-25H,9,11H2. The van der Waals surface area contributed by atoms with Gasteiger partial charge in [0.05, 0.1) is 30.4 Å². The average molecular weight is 346 g/mol. The Balaban J connectivity index is 1.48. The van der Waals surface area contributed by atoms with Crippen LogP contribution in [-0.2, 0) is 6.61 Å². The molecule has 5 rings (SSSR count). The maximum Gasteiger partial charge on any atom is 0.134 e. The van der Waals surface area contributed by atoms with Gasteiger partial charge in [0.1, 0.15) is 18.0 Å². The zero-order valence-electron chi connectivity index (χ0n) is 14.0. The van der Waals surface area contributed by atoms with Crippen molar-refractivity contribution in [3.8, 4) is 11.3 Å². The van der Waals surface area contributed by atoms with Crippen LogP contribution in [-0.4, -0.2) is 19.8 Å². The molecular weight excluding hydrogens is 328 g/mol.